The van der Waals surface area contributed by atoms with Gasteiger partial charge in [0.2, 0.25) is 0 Å². The summed E-state index contributed by atoms with van der Waals surface area (Å²) < 4.78 is 25.6. The molecule has 0 amide bonds. The molecular weight excluding hydrogens is 313 g/mol. The number of carbonyl (C=O) groups excluding carboxylic acids is 1. The van der Waals surface area contributed by atoms with Gasteiger partial charge in [0, 0.05) is 19.3 Å². The van der Waals surface area contributed by atoms with Gasteiger partial charge in [-0.2, -0.15) is 0 Å². The molecular formula is C17H16FN3O3. The third-order valence-corrected chi connectivity index (χ3v) is 3.38. The molecule has 6 nitrogen and oxygen atoms in total. The van der Waals surface area contributed by atoms with Crippen LogP contribution in [0.4, 0.5) is 4.39 Å². The Morgan fingerprint density at radius 3 is 2.96 bits per heavy atom. The van der Waals surface area contributed by atoms with Crippen molar-refractivity contribution in [2.45, 2.75) is 13.0 Å². The van der Waals surface area contributed by atoms with Gasteiger partial charge in [0.05, 0.1) is 11.9 Å². The Balaban J connectivity index is 1.60. The highest BCUT2D eigenvalue weighted by molar-refractivity contribution is 5.92. The van der Waals surface area contributed by atoms with Gasteiger partial charge in [-0.25, -0.2) is 19.2 Å². The summed E-state index contributed by atoms with van der Waals surface area (Å²) in [5.41, 5.74) is 1.63. The lowest BCUT2D eigenvalue weighted by Gasteiger charge is -2.14. The van der Waals surface area contributed by atoms with E-state index in [9.17, 15) is 9.18 Å². The molecule has 24 heavy (non-hydrogen) atoms. The van der Waals surface area contributed by atoms with E-state index in [4.69, 9.17) is 9.47 Å². The van der Waals surface area contributed by atoms with Crippen molar-refractivity contribution in [3.8, 4) is 5.75 Å². The van der Waals surface area contributed by atoms with E-state index in [1.165, 1.54) is 18.3 Å². The number of aromatic nitrogens is 3. The van der Waals surface area contributed by atoms with Crippen LogP contribution in [0, 0.1) is 5.82 Å². The van der Waals surface area contributed by atoms with E-state index in [0.717, 1.165) is 0 Å². The van der Waals surface area contributed by atoms with Crippen molar-refractivity contribution in [1.29, 1.82) is 0 Å². The number of pyridine rings is 1. The number of nitrogens with zero attached hydrogens (tertiary/aromatic N) is 3. The summed E-state index contributed by atoms with van der Waals surface area (Å²) in [4.78, 5) is 20.5. The van der Waals surface area contributed by atoms with Crippen molar-refractivity contribution in [2.24, 2.45) is 7.05 Å². The molecule has 1 aromatic carbocycles. The molecule has 0 saturated heterocycles. The first-order valence-corrected chi connectivity index (χ1v) is 7.39. The average molecular weight is 329 g/mol. The molecule has 7 heteroatoms. The van der Waals surface area contributed by atoms with Crippen LogP contribution in [0.2, 0.25) is 0 Å². The molecule has 0 aliphatic carbocycles. The third-order valence-electron chi connectivity index (χ3n) is 3.38. The van der Waals surface area contributed by atoms with Crippen molar-refractivity contribution in [3.05, 3.63) is 54.2 Å². The van der Waals surface area contributed by atoms with Gasteiger partial charge < -0.3 is 14.0 Å². The Labute approximate surface area is 137 Å². The van der Waals surface area contributed by atoms with Crippen LogP contribution >= 0.6 is 0 Å². The highest BCUT2D eigenvalue weighted by Gasteiger charge is 2.15. The topological polar surface area (TPSA) is 66.2 Å². The van der Waals surface area contributed by atoms with Gasteiger partial charge in [-0.15, -0.1) is 0 Å². The standard InChI is InChI=1S/C17H16FN3O3/c1-11(9-23-14-5-3-4-13(18)7-14)24-17(22)12-6-15-16(19-8-12)21(2)10-20-15/h3-8,10-11H,9H2,1-2H3/t11-/m0/s1. The van der Waals surface area contributed by atoms with Gasteiger partial charge in [-0.1, -0.05) is 6.07 Å². The minimum absolute atomic E-state index is 0.119. The van der Waals surface area contributed by atoms with Gasteiger partial charge in [0.1, 0.15) is 29.8 Å². The molecule has 124 valence electrons. The number of esters is 1. The first kappa shape index (κ1) is 15.9. The van der Waals surface area contributed by atoms with Gasteiger partial charge in [0.15, 0.2) is 5.65 Å². The second-order valence-corrected chi connectivity index (χ2v) is 5.41. The number of aryl methyl sites for hydroxylation is 1. The molecule has 1 atom stereocenters. The molecule has 2 heterocycles. The zero-order valence-electron chi connectivity index (χ0n) is 13.3. The van der Waals surface area contributed by atoms with Crippen molar-refractivity contribution < 1.29 is 18.7 Å². The number of benzene rings is 1. The Kier molecular flexibility index (Phi) is 4.41. The van der Waals surface area contributed by atoms with Gasteiger partial charge in [0.25, 0.3) is 0 Å². The molecule has 0 bridgehead atoms. The molecule has 0 unspecified atom stereocenters. The van der Waals surface area contributed by atoms with E-state index in [0.29, 0.717) is 22.5 Å². The minimum atomic E-state index is -0.509. The van der Waals surface area contributed by atoms with Crippen molar-refractivity contribution in [2.75, 3.05) is 6.61 Å². The number of rotatable bonds is 5. The number of hydrogen-bond donors (Lipinski definition) is 0. The van der Waals surface area contributed by atoms with E-state index < -0.39 is 12.1 Å². The molecule has 0 fully saturated rings. The number of imidazole rings is 1. The highest BCUT2D eigenvalue weighted by atomic mass is 19.1. The smallest absolute Gasteiger partial charge is 0.340 e. The molecule has 0 radical (unpaired) electrons. The van der Waals surface area contributed by atoms with Crippen molar-refractivity contribution in [1.82, 2.24) is 14.5 Å². The summed E-state index contributed by atoms with van der Waals surface area (Å²) in [5.74, 6) is -0.508. The van der Waals surface area contributed by atoms with Crippen molar-refractivity contribution >= 4 is 17.1 Å². The largest absolute Gasteiger partial charge is 0.490 e. The second-order valence-electron chi connectivity index (χ2n) is 5.41. The average Bonchev–Trinajstić information content (AvgIpc) is 2.94. The zero-order valence-corrected chi connectivity index (χ0v) is 13.3. The van der Waals surface area contributed by atoms with E-state index in [-0.39, 0.29) is 12.4 Å². The molecule has 0 aliphatic heterocycles. The van der Waals surface area contributed by atoms with Crippen LogP contribution in [0.5, 0.6) is 5.75 Å². The van der Waals surface area contributed by atoms with Crippen LogP contribution in [0.3, 0.4) is 0 Å². The number of ether oxygens (including phenoxy) is 2. The minimum Gasteiger partial charge on any atom is -0.490 e. The van der Waals surface area contributed by atoms with Crippen LogP contribution in [0.1, 0.15) is 17.3 Å². The monoisotopic (exact) mass is 329 g/mol. The zero-order chi connectivity index (χ0) is 17.1. The first-order chi connectivity index (χ1) is 11.5. The van der Waals surface area contributed by atoms with E-state index >= 15 is 0 Å². The SMILES string of the molecule is C[C@@H](COc1cccc(F)c1)OC(=O)c1cnc2c(c1)ncn2C. The lowest BCUT2D eigenvalue weighted by atomic mass is 10.2. The van der Waals surface area contributed by atoms with E-state index in [1.807, 2.05) is 7.05 Å². The fourth-order valence-corrected chi connectivity index (χ4v) is 2.18. The Morgan fingerprint density at radius 1 is 1.33 bits per heavy atom. The fourth-order valence-electron chi connectivity index (χ4n) is 2.18. The maximum absolute atomic E-state index is 13.1. The molecule has 0 saturated carbocycles. The summed E-state index contributed by atoms with van der Waals surface area (Å²) >= 11 is 0. The predicted molar refractivity (Wildman–Crippen MR) is 85.3 cm³/mol. The Morgan fingerprint density at radius 2 is 2.17 bits per heavy atom. The molecule has 0 spiro atoms. The normalized spacial score (nSPS) is 12.1. The molecule has 0 N–H and O–H groups in total. The van der Waals surface area contributed by atoms with Crippen LogP contribution < -0.4 is 4.74 Å². The molecule has 2 aromatic heterocycles. The third kappa shape index (κ3) is 3.51. The second kappa shape index (κ2) is 6.66. The lowest BCUT2D eigenvalue weighted by Crippen LogP contribution is -2.22. The van der Waals surface area contributed by atoms with Gasteiger partial charge in [-0.05, 0) is 25.1 Å². The van der Waals surface area contributed by atoms with Crippen LogP contribution in [-0.2, 0) is 11.8 Å². The van der Waals surface area contributed by atoms with Crippen LogP contribution in [0.25, 0.3) is 11.2 Å². The summed E-state index contributed by atoms with van der Waals surface area (Å²) in [6.07, 6.45) is 2.58. The Bertz CT molecular complexity index is 878. The maximum atomic E-state index is 13.1. The van der Waals surface area contributed by atoms with Crippen LogP contribution in [-0.4, -0.2) is 33.2 Å². The van der Waals surface area contributed by atoms with Gasteiger partial charge >= 0.3 is 5.97 Å². The molecule has 3 aromatic rings. The van der Waals surface area contributed by atoms with Gasteiger partial charge in [-0.3, -0.25) is 0 Å². The van der Waals surface area contributed by atoms with E-state index in [1.54, 1.807) is 36.0 Å². The summed E-state index contributed by atoms with van der Waals surface area (Å²) in [7, 11) is 1.83. The van der Waals surface area contributed by atoms with Crippen LogP contribution in [0.15, 0.2) is 42.9 Å². The lowest BCUT2D eigenvalue weighted by molar-refractivity contribution is 0.0228. The Hall–Kier alpha value is -2.96. The summed E-state index contributed by atoms with van der Waals surface area (Å²) in [6.45, 7) is 1.82. The van der Waals surface area contributed by atoms with E-state index in [2.05, 4.69) is 9.97 Å². The highest BCUT2D eigenvalue weighted by Crippen LogP contribution is 2.14. The summed E-state index contributed by atoms with van der Waals surface area (Å²) in [6, 6.07) is 7.42. The molecule has 0 aliphatic rings. The number of halogens is 1. The number of fused-ring (bicyclic) bond motifs is 1. The quantitative estimate of drug-likeness (QED) is 0.673. The fraction of sp³-hybridized carbons (Fsp3) is 0.235. The number of hydrogen-bond acceptors (Lipinski definition) is 5. The summed E-state index contributed by atoms with van der Waals surface area (Å²) in [5, 5.41) is 0. The number of carbonyl (C=O) groups is 1. The van der Waals surface area contributed by atoms with Crippen molar-refractivity contribution in [3.63, 3.8) is 0 Å². The maximum Gasteiger partial charge on any atom is 0.340 e. The molecule has 3 rings (SSSR count). The first-order valence-electron chi connectivity index (χ1n) is 7.39. The predicted octanol–water partition coefficient (Wildman–Crippen LogP) is 2.73.